The Bertz CT molecular complexity index is 492. The van der Waals surface area contributed by atoms with Gasteiger partial charge in [-0.3, -0.25) is 0 Å². The Morgan fingerprint density at radius 3 is 0.806 bits per heavy atom. The van der Waals surface area contributed by atoms with Crippen LogP contribution in [0.25, 0.3) is 0 Å². The third-order valence-corrected chi connectivity index (χ3v) is 7.18. The Labute approximate surface area is 229 Å². The van der Waals surface area contributed by atoms with Gasteiger partial charge in [0.15, 0.2) is 0 Å². The Hall–Kier alpha value is -1.04. The molecule has 0 N–H and O–H groups in total. The standard InChI is InChI=1S/C36H66/c1-3-5-7-9-11-13-15-17-19-21-23-25-27-29-31-33-35-36-34-32-30-28-26-24-22-20-18-16-14-12-10-8-6-4-2/h11,13,17,19,23,25,29,31H,3-10,12,14-16,18,20-22,24,26-28,30,32-36H2,1-2H3. The SMILES string of the molecule is CCCCCC=CCC=CCC=CCC=CCCCCCCCCCCCCCCCCCCCC. The molecular weight excluding hydrogens is 432 g/mol. The summed E-state index contributed by atoms with van der Waals surface area (Å²) >= 11 is 0. The molecule has 0 saturated heterocycles. The first-order chi connectivity index (χ1) is 17.9. The van der Waals surface area contributed by atoms with Gasteiger partial charge in [-0.25, -0.2) is 0 Å². The Morgan fingerprint density at radius 1 is 0.250 bits per heavy atom. The lowest BCUT2D eigenvalue weighted by molar-refractivity contribution is 0.525. The molecule has 0 amide bonds. The van der Waals surface area contributed by atoms with Gasteiger partial charge < -0.3 is 0 Å². The zero-order valence-corrected chi connectivity index (χ0v) is 25.0. The molecule has 0 radical (unpaired) electrons. The van der Waals surface area contributed by atoms with E-state index in [4.69, 9.17) is 0 Å². The third-order valence-electron chi connectivity index (χ3n) is 7.18. The molecule has 0 spiro atoms. The van der Waals surface area contributed by atoms with E-state index in [-0.39, 0.29) is 0 Å². The maximum atomic E-state index is 2.38. The topological polar surface area (TPSA) is 0 Å². The second-order valence-electron chi connectivity index (χ2n) is 10.9. The highest BCUT2D eigenvalue weighted by Gasteiger charge is 1.95. The van der Waals surface area contributed by atoms with Crippen LogP contribution in [0.15, 0.2) is 48.6 Å². The first-order valence-corrected chi connectivity index (χ1v) is 16.5. The normalized spacial score (nSPS) is 12.4. The monoisotopic (exact) mass is 499 g/mol. The van der Waals surface area contributed by atoms with Crippen LogP contribution in [0.5, 0.6) is 0 Å². The van der Waals surface area contributed by atoms with Gasteiger partial charge in [0.05, 0.1) is 0 Å². The highest BCUT2D eigenvalue weighted by molar-refractivity contribution is 4.99. The summed E-state index contributed by atoms with van der Waals surface area (Å²) in [4.78, 5) is 0. The van der Waals surface area contributed by atoms with E-state index in [0.717, 1.165) is 19.3 Å². The van der Waals surface area contributed by atoms with Crippen molar-refractivity contribution in [1.29, 1.82) is 0 Å². The second kappa shape index (κ2) is 34.0. The van der Waals surface area contributed by atoms with Crippen LogP contribution in [-0.2, 0) is 0 Å². The van der Waals surface area contributed by atoms with E-state index in [1.54, 1.807) is 0 Å². The van der Waals surface area contributed by atoms with Crippen LogP contribution in [0.4, 0.5) is 0 Å². The lowest BCUT2D eigenvalue weighted by atomic mass is 10.0. The Morgan fingerprint density at radius 2 is 0.472 bits per heavy atom. The molecule has 0 rings (SSSR count). The summed E-state index contributed by atoms with van der Waals surface area (Å²) < 4.78 is 0. The molecule has 36 heavy (non-hydrogen) atoms. The summed E-state index contributed by atoms with van der Waals surface area (Å²) in [5.41, 5.74) is 0. The van der Waals surface area contributed by atoms with Crippen LogP contribution in [-0.4, -0.2) is 0 Å². The van der Waals surface area contributed by atoms with E-state index < -0.39 is 0 Å². The molecule has 0 aliphatic heterocycles. The molecule has 0 saturated carbocycles. The molecule has 0 fully saturated rings. The predicted octanol–water partition coefficient (Wildman–Crippen LogP) is 13.4. The van der Waals surface area contributed by atoms with E-state index in [2.05, 4.69) is 62.5 Å². The molecule has 0 unspecified atom stereocenters. The minimum Gasteiger partial charge on any atom is -0.0882 e. The Kier molecular flexibility index (Phi) is 33.0. The molecule has 0 atom stereocenters. The van der Waals surface area contributed by atoms with E-state index in [0.29, 0.717) is 0 Å². The summed E-state index contributed by atoms with van der Waals surface area (Å²) in [6.07, 6.45) is 54.4. The van der Waals surface area contributed by atoms with Gasteiger partial charge in [0.2, 0.25) is 0 Å². The minimum absolute atomic E-state index is 1.07. The van der Waals surface area contributed by atoms with Crippen LogP contribution in [0.3, 0.4) is 0 Å². The van der Waals surface area contributed by atoms with Gasteiger partial charge in [-0.15, -0.1) is 0 Å². The molecule has 0 aliphatic carbocycles. The zero-order chi connectivity index (χ0) is 26.0. The molecule has 0 heterocycles. The van der Waals surface area contributed by atoms with Crippen molar-refractivity contribution >= 4 is 0 Å². The molecule has 0 aliphatic rings. The van der Waals surface area contributed by atoms with Crippen molar-refractivity contribution in [2.75, 3.05) is 0 Å². The molecule has 0 aromatic rings. The van der Waals surface area contributed by atoms with Crippen molar-refractivity contribution in [1.82, 2.24) is 0 Å². The fourth-order valence-electron chi connectivity index (χ4n) is 4.72. The quantitative estimate of drug-likeness (QED) is 0.0710. The second-order valence-corrected chi connectivity index (χ2v) is 10.9. The summed E-state index contributed by atoms with van der Waals surface area (Å²) in [5, 5.41) is 0. The summed E-state index contributed by atoms with van der Waals surface area (Å²) in [6.45, 7) is 4.56. The molecule has 0 aromatic carbocycles. The molecule has 0 nitrogen and oxygen atoms in total. The highest BCUT2D eigenvalue weighted by Crippen LogP contribution is 2.14. The molecule has 210 valence electrons. The summed E-state index contributed by atoms with van der Waals surface area (Å²) in [6, 6.07) is 0. The van der Waals surface area contributed by atoms with Crippen LogP contribution in [0.2, 0.25) is 0 Å². The number of rotatable bonds is 29. The van der Waals surface area contributed by atoms with Crippen molar-refractivity contribution in [3.8, 4) is 0 Å². The third kappa shape index (κ3) is 33.0. The van der Waals surface area contributed by atoms with Crippen molar-refractivity contribution < 1.29 is 0 Å². The van der Waals surface area contributed by atoms with Gasteiger partial charge in [0, 0.05) is 0 Å². The van der Waals surface area contributed by atoms with Crippen molar-refractivity contribution in [2.24, 2.45) is 0 Å². The highest BCUT2D eigenvalue weighted by atomic mass is 14.0. The van der Waals surface area contributed by atoms with Crippen molar-refractivity contribution in [3.05, 3.63) is 48.6 Å². The molecule has 0 bridgehead atoms. The van der Waals surface area contributed by atoms with Gasteiger partial charge >= 0.3 is 0 Å². The van der Waals surface area contributed by atoms with Crippen molar-refractivity contribution in [3.63, 3.8) is 0 Å². The number of unbranched alkanes of at least 4 members (excludes halogenated alkanes) is 21. The van der Waals surface area contributed by atoms with E-state index in [9.17, 15) is 0 Å². The van der Waals surface area contributed by atoms with Crippen LogP contribution < -0.4 is 0 Å². The molecule has 0 aromatic heterocycles. The summed E-state index contributed by atoms with van der Waals surface area (Å²) in [5.74, 6) is 0. The lowest BCUT2D eigenvalue weighted by Crippen LogP contribution is -1.84. The van der Waals surface area contributed by atoms with Gasteiger partial charge in [-0.1, -0.05) is 184 Å². The maximum Gasteiger partial charge on any atom is -0.0169 e. The Balaban J connectivity index is 3.22. The first-order valence-electron chi connectivity index (χ1n) is 16.5. The minimum atomic E-state index is 1.07. The molecular formula is C36H66. The fraction of sp³-hybridized carbons (Fsp3) is 0.778. The number of hydrogen-bond donors (Lipinski definition) is 0. The van der Waals surface area contributed by atoms with Gasteiger partial charge in [-0.2, -0.15) is 0 Å². The summed E-state index contributed by atoms with van der Waals surface area (Å²) in [7, 11) is 0. The van der Waals surface area contributed by atoms with Crippen LogP contribution >= 0.6 is 0 Å². The van der Waals surface area contributed by atoms with Gasteiger partial charge in [-0.05, 0) is 44.9 Å². The average Bonchev–Trinajstić information content (AvgIpc) is 2.89. The molecule has 0 heteroatoms. The van der Waals surface area contributed by atoms with Crippen molar-refractivity contribution in [2.45, 2.75) is 181 Å². The average molecular weight is 499 g/mol. The lowest BCUT2D eigenvalue weighted by Gasteiger charge is -2.03. The van der Waals surface area contributed by atoms with E-state index >= 15 is 0 Å². The fourth-order valence-corrected chi connectivity index (χ4v) is 4.72. The maximum absolute atomic E-state index is 2.38. The van der Waals surface area contributed by atoms with Gasteiger partial charge in [0.25, 0.3) is 0 Å². The first kappa shape index (κ1) is 35.0. The van der Waals surface area contributed by atoms with E-state index in [1.165, 1.54) is 148 Å². The number of allylic oxidation sites excluding steroid dienone is 8. The van der Waals surface area contributed by atoms with Gasteiger partial charge in [0.1, 0.15) is 0 Å². The zero-order valence-electron chi connectivity index (χ0n) is 25.0. The van der Waals surface area contributed by atoms with Crippen LogP contribution in [0, 0.1) is 0 Å². The van der Waals surface area contributed by atoms with E-state index in [1.807, 2.05) is 0 Å². The largest absolute Gasteiger partial charge is 0.0882 e. The smallest absolute Gasteiger partial charge is 0.0169 e. The predicted molar refractivity (Wildman–Crippen MR) is 168 cm³/mol. The van der Waals surface area contributed by atoms with Crippen LogP contribution in [0.1, 0.15) is 181 Å². The number of hydrogen-bond acceptors (Lipinski definition) is 0.